The van der Waals surface area contributed by atoms with E-state index in [0.717, 1.165) is 30.9 Å². The van der Waals surface area contributed by atoms with Crippen LogP contribution >= 0.6 is 0 Å². The molecule has 0 N–H and O–H groups in total. The van der Waals surface area contributed by atoms with Gasteiger partial charge in [0.15, 0.2) is 5.75 Å². The number of ether oxygens (including phenoxy) is 1. The van der Waals surface area contributed by atoms with Crippen molar-refractivity contribution in [2.24, 2.45) is 0 Å². The zero-order chi connectivity index (χ0) is 9.52. The van der Waals surface area contributed by atoms with Crippen LogP contribution in [0.1, 0.15) is 19.8 Å². The quantitative estimate of drug-likeness (QED) is 0.525. The number of hydrogen-bond donors (Lipinski definition) is 0. The number of benzene rings is 1. The maximum absolute atomic E-state index is 5.57. The first kappa shape index (κ1) is 10.1. The van der Waals surface area contributed by atoms with Crippen LogP contribution in [0.5, 0.6) is 11.5 Å². The summed E-state index contributed by atoms with van der Waals surface area (Å²) in [4.78, 5) is 0. The number of rotatable bonds is 5. The zero-order valence-corrected chi connectivity index (χ0v) is 10.2. The summed E-state index contributed by atoms with van der Waals surface area (Å²) in [5, 5.41) is 0. The van der Waals surface area contributed by atoms with Crippen molar-refractivity contribution >= 4 is 10.5 Å². The molecule has 0 atom stereocenters. The molecule has 2 nitrogen and oxygen atoms in total. The maximum atomic E-state index is 5.57. The van der Waals surface area contributed by atoms with Crippen LogP contribution in [0.4, 0.5) is 0 Å². The third kappa shape index (κ3) is 3.11. The summed E-state index contributed by atoms with van der Waals surface area (Å²) in [6.07, 6.45) is 2.25. The van der Waals surface area contributed by atoms with Gasteiger partial charge in [0.25, 0.3) is 0 Å². The molecule has 3 heteroatoms. The van der Waals surface area contributed by atoms with E-state index in [2.05, 4.69) is 6.92 Å². The van der Waals surface area contributed by atoms with Crippen molar-refractivity contribution in [3.05, 3.63) is 24.3 Å². The van der Waals surface area contributed by atoms with E-state index in [0.29, 0.717) is 10.5 Å². The largest absolute Gasteiger partial charge is 0.551 e. The van der Waals surface area contributed by atoms with Crippen LogP contribution in [0.15, 0.2) is 24.3 Å². The number of hydrogen-bond acceptors (Lipinski definition) is 2. The second-order valence-corrected chi connectivity index (χ2v) is 3.26. The third-order valence-electron chi connectivity index (χ3n) is 1.82. The predicted molar refractivity (Wildman–Crippen MR) is 57.4 cm³/mol. The summed E-state index contributed by atoms with van der Waals surface area (Å²) in [6.45, 7) is 2.93. The third-order valence-corrected chi connectivity index (χ3v) is 2.26. The standard InChI is InChI=1S/C10H16O2Si/c1-2-3-8-11-9-6-4-5-7-10(9)12-13/h4-7H,2-3,8H2,1,13H3. The van der Waals surface area contributed by atoms with Gasteiger partial charge in [-0.3, -0.25) is 0 Å². The molecular formula is C10H16O2Si. The lowest BCUT2D eigenvalue weighted by Crippen LogP contribution is -1.98. The fraction of sp³-hybridized carbons (Fsp3) is 0.400. The molecule has 0 aliphatic heterocycles. The Morgan fingerprint density at radius 3 is 2.54 bits per heavy atom. The van der Waals surface area contributed by atoms with Crippen molar-refractivity contribution < 1.29 is 9.16 Å². The van der Waals surface area contributed by atoms with Gasteiger partial charge < -0.3 is 9.16 Å². The number of para-hydroxylation sites is 2. The Morgan fingerprint density at radius 1 is 1.23 bits per heavy atom. The molecule has 0 aliphatic carbocycles. The Morgan fingerprint density at radius 2 is 1.92 bits per heavy atom. The summed E-state index contributed by atoms with van der Waals surface area (Å²) in [7, 11) is 0.705. The lowest BCUT2D eigenvalue weighted by Gasteiger charge is -2.09. The molecule has 0 aromatic heterocycles. The van der Waals surface area contributed by atoms with Gasteiger partial charge in [0.1, 0.15) is 5.75 Å². The molecule has 0 heterocycles. The summed E-state index contributed by atoms with van der Waals surface area (Å²) < 4.78 is 10.9. The van der Waals surface area contributed by atoms with E-state index in [1.165, 1.54) is 0 Å². The van der Waals surface area contributed by atoms with Crippen molar-refractivity contribution in [2.45, 2.75) is 19.8 Å². The average molecular weight is 196 g/mol. The molecule has 0 amide bonds. The van der Waals surface area contributed by atoms with Gasteiger partial charge in [0.05, 0.1) is 6.61 Å². The Balaban J connectivity index is 2.54. The van der Waals surface area contributed by atoms with Crippen LogP contribution < -0.4 is 9.16 Å². The highest BCUT2D eigenvalue weighted by Crippen LogP contribution is 2.25. The summed E-state index contributed by atoms with van der Waals surface area (Å²) in [6, 6.07) is 7.81. The fourth-order valence-corrected chi connectivity index (χ4v) is 1.40. The summed E-state index contributed by atoms with van der Waals surface area (Å²) in [5.74, 6) is 1.73. The van der Waals surface area contributed by atoms with E-state index >= 15 is 0 Å². The summed E-state index contributed by atoms with van der Waals surface area (Å²) >= 11 is 0. The smallest absolute Gasteiger partial charge is 0.204 e. The van der Waals surface area contributed by atoms with E-state index in [1.54, 1.807) is 0 Å². The molecule has 0 aliphatic rings. The van der Waals surface area contributed by atoms with E-state index in [9.17, 15) is 0 Å². The minimum absolute atomic E-state index is 0.705. The van der Waals surface area contributed by atoms with Gasteiger partial charge in [-0.05, 0) is 18.6 Å². The Bertz CT molecular complexity index is 250. The van der Waals surface area contributed by atoms with Gasteiger partial charge in [-0.15, -0.1) is 0 Å². The Labute approximate surface area is 82.4 Å². The molecule has 1 rings (SSSR count). The highest BCUT2D eigenvalue weighted by Gasteiger charge is 2.00. The van der Waals surface area contributed by atoms with Gasteiger partial charge in [-0.1, -0.05) is 25.5 Å². The van der Waals surface area contributed by atoms with Gasteiger partial charge in [0, 0.05) is 0 Å². The molecule has 0 saturated carbocycles. The van der Waals surface area contributed by atoms with Crippen LogP contribution in [0.25, 0.3) is 0 Å². The van der Waals surface area contributed by atoms with E-state index in [4.69, 9.17) is 9.16 Å². The highest BCUT2D eigenvalue weighted by molar-refractivity contribution is 6.00. The first-order valence-electron chi connectivity index (χ1n) is 4.64. The normalized spacial score (nSPS) is 9.92. The van der Waals surface area contributed by atoms with Crippen molar-refractivity contribution in [3.8, 4) is 11.5 Å². The van der Waals surface area contributed by atoms with E-state index in [1.807, 2.05) is 24.3 Å². The second kappa shape index (κ2) is 5.64. The minimum atomic E-state index is 0.705. The van der Waals surface area contributed by atoms with Gasteiger partial charge in [-0.25, -0.2) is 0 Å². The molecule has 0 fully saturated rings. The first-order chi connectivity index (χ1) is 6.38. The van der Waals surface area contributed by atoms with Crippen LogP contribution in [-0.4, -0.2) is 17.1 Å². The van der Waals surface area contributed by atoms with Crippen molar-refractivity contribution in [3.63, 3.8) is 0 Å². The monoisotopic (exact) mass is 196 g/mol. The molecule has 0 radical (unpaired) electrons. The molecule has 0 saturated heterocycles. The molecule has 1 aromatic rings. The second-order valence-electron chi connectivity index (χ2n) is 2.85. The Hall–Kier alpha value is -0.963. The van der Waals surface area contributed by atoms with Crippen LogP contribution in [0.2, 0.25) is 0 Å². The fourth-order valence-electron chi connectivity index (χ4n) is 1.06. The summed E-state index contributed by atoms with van der Waals surface area (Å²) in [5.41, 5.74) is 0. The zero-order valence-electron chi connectivity index (χ0n) is 8.25. The SMILES string of the molecule is CCCCOc1ccccc1O[SiH3]. The molecule has 0 spiro atoms. The van der Waals surface area contributed by atoms with Crippen LogP contribution in [0.3, 0.4) is 0 Å². The van der Waals surface area contributed by atoms with Crippen LogP contribution in [0, 0.1) is 0 Å². The van der Waals surface area contributed by atoms with Gasteiger partial charge >= 0.3 is 0 Å². The van der Waals surface area contributed by atoms with Crippen LogP contribution in [-0.2, 0) is 0 Å². The molecule has 13 heavy (non-hydrogen) atoms. The first-order valence-corrected chi connectivity index (χ1v) is 5.46. The molecule has 0 unspecified atom stereocenters. The van der Waals surface area contributed by atoms with Gasteiger partial charge in [0.2, 0.25) is 10.5 Å². The topological polar surface area (TPSA) is 18.5 Å². The molecule has 1 aromatic carbocycles. The van der Waals surface area contributed by atoms with Crippen molar-refractivity contribution in [1.29, 1.82) is 0 Å². The maximum Gasteiger partial charge on any atom is 0.204 e. The molecule has 0 bridgehead atoms. The van der Waals surface area contributed by atoms with Crippen molar-refractivity contribution in [2.75, 3.05) is 6.61 Å². The van der Waals surface area contributed by atoms with Crippen molar-refractivity contribution in [1.82, 2.24) is 0 Å². The Kier molecular flexibility index (Phi) is 4.39. The van der Waals surface area contributed by atoms with Gasteiger partial charge in [-0.2, -0.15) is 0 Å². The van der Waals surface area contributed by atoms with E-state index < -0.39 is 0 Å². The minimum Gasteiger partial charge on any atom is -0.551 e. The predicted octanol–water partition coefficient (Wildman–Crippen LogP) is 1.52. The van der Waals surface area contributed by atoms with E-state index in [-0.39, 0.29) is 0 Å². The lowest BCUT2D eigenvalue weighted by molar-refractivity contribution is 0.301. The molecular weight excluding hydrogens is 180 g/mol. The molecule has 72 valence electrons. The highest BCUT2D eigenvalue weighted by atomic mass is 28.2. The average Bonchev–Trinajstić information content (AvgIpc) is 2.19. The number of unbranched alkanes of at least 4 members (excludes halogenated alkanes) is 1. The lowest BCUT2D eigenvalue weighted by atomic mass is 10.3.